The Bertz CT molecular complexity index is 244. The predicted octanol–water partition coefficient (Wildman–Crippen LogP) is 1.69. The van der Waals surface area contributed by atoms with Crippen molar-refractivity contribution in [2.75, 3.05) is 33.9 Å². The fourth-order valence-corrected chi connectivity index (χ4v) is 2.79. The van der Waals surface area contributed by atoms with Gasteiger partial charge in [0.05, 0.1) is 0 Å². The molecule has 1 rings (SSSR count). The second-order valence-electron chi connectivity index (χ2n) is 6.04. The molecule has 1 aliphatic rings. The average Bonchev–Trinajstić information content (AvgIpc) is 2.86. The van der Waals surface area contributed by atoms with Crippen LogP contribution < -0.4 is 5.73 Å². The average molecular weight is 258 g/mol. The number of nitrogens with two attached hydrogens (primary N) is 1. The molecule has 2 N–H and O–H groups in total. The van der Waals surface area contributed by atoms with Gasteiger partial charge in [-0.1, -0.05) is 13.8 Å². The molecule has 0 aromatic rings. The highest BCUT2D eigenvalue weighted by Crippen LogP contribution is 2.31. The molecule has 4 nitrogen and oxygen atoms in total. The lowest BCUT2D eigenvalue weighted by Crippen LogP contribution is -2.53. The van der Waals surface area contributed by atoms with Crippen molar-refractivity contribution >= 4 is 0 Å². The normalized spacial score (nSPS) is 25.0. The van der Waals surface area contributed by atoms with Gasteiger partial charge < -0.3 is 15.2 Å². The highest BCUT2D eigenvalue weighted by atomic mass is 16.7. The van der Waals surface area contributed by atoms with Crippen molar-refractivity contribution in [3.63, 3.8) is 0 Å². The van der Waals surface area contributed by atoms with Gasteiger partial charge in [0, 0.05) is 39.3 Å². The van der Waals surface area contributed by atoms with Crippen molar-refractivity contribution in [3.8, 4) is 0 Å². The number of hydrogen-bond donors (Lipinski definition) is 1. The van der Waals surface area contributed by atoms with Crippen molar-refractivity contribution in [1.82, 2.24) is 4.90 Å². The standard InChI is InChI=1S/C14H30N2O2/c1-11(2)12-6-7-16(9-12)14(3,10-15)8-13(17-4)18-5/h11-13H,6-10,15H2,1-5H3. The van der Waals surface area contributed by atoms with Crippen molar-refractivity contribution in [3.05, 3.63) is 0 Å². The molecule has 1 heterocycles. The first-order chi connectivity index (χ1) is 8.46. The lowest BCUT2D eigenvalue weighted by atomic mass is 9.93. The summed E-state index contributed by atoms with van der Waals surface area (Å²) in [5, 5.41) is 0. The van der Waals surface area contributed by atoms with Crippen LogP contribution in [0, 0.1) is 11.8 Å². The molecule has 1 aliphatic heterocycles. The number of likely N-dealkylation sites (tertiary alicyclic amines) is 1. The Morgan fingerprint density at radius 1 is 1.33 bits per heavy atom. The van der Waals surface area contributed by atoms with Crippen molar-refractivity contribution in [2.24, 2.45) is 17.6 Å². The molecule has 0 spiro atoms. The smallest absolute Gasteiger partial charge is 0.158 e. The highest BCUT2D eigenvalue weighted by Gasteiger charge is 2.38. The number of ether oxygens (including phenoxy) is 2. The molecule has 0 aromatic carbocycles. The zero-order chi connectivity index (χ0) is 13.8. The lowest BCUT2D eigenvalue weighted by Gasteiger charge is -2.40. The van der Waals surface area contributed by atoms with E-state index < -0.39 is 0 Å². The minimum absolute atomic E-state index is 0.0275. The van der Waals surface area contributed by atoms with Crippen LogP contribution in [0.1, 0.15) is 33.6 Å². The summed E-state index contributed by atoms with van der Waals surface area (Å²) in [4.78, 5) is 2.52. The van der Waals surface area contributed by atoms with E-state index in [2.05, 4.69) is 25.7 Å². The molecule has 0 aromatic heterocycles. The second-order valence-corrected chi connectivity index (χ2v) is 6.04. The molecule has 1 saturated heterocycles. The summed E-state index contributed by atoms with van der Waals surface area (Å²) in [7, 11) is 3.37. The lowest BCUT2D eigenvalue weighted by molar-refractivity contribution is -0.127. The van der Waals surface area contributed by atoms with E-state index in [4.69, 9.17) is 15.2 Å². The minimum Gasteiger partial charge on any atom is -0.356 e. The van der Waals surface area contributed by atoms with Crippen LogP contribution in [0.25, 0.3) is 0 Å². The zero-order valence-corrected chi connectivity index (χ0v) is 12.6. The summed E-state index contributed by atoms with van der Waals surface area (Å²) in [5.74, 6) is 1.54. The Morgan fingerprint density at radius 3 is 2.33 bits per heavy atom. The fraction of sp³-hybridized carbons (Fsp3) is 1.00. The maximum Gasteiger partial charge on any atom is 0.158 e. The van der Waals surface area contributed by atoms with Gasteiger partial charge in [0.25, 0.3) is 0 Å². The van der Waals surface area contributed by atoms with Crippen LogP contribution in [0.3, 0.4) is 0 Å². The van der Waals surface area contributed by atoms with Gasteiger partial charge >= 0.3 is 0 Å². The number of rotatable bonds is 7. The molecule has 0 aliphatic carbocycles. The SMILES string of the molecule is COC(CC(C)(CN)N1CCC(C(C)C)C1)OC. The van der Waals surface area contributed by atoms with Crippen LogP contribution in [0.4, 0.5) is 0 Å². The molecular formula is C14H30N2O2. The van der Waals surface area contributed by atoms with Crippen LogP contribution in [0.15, 0.2) is 0 Å². The topological polar surface area (TPSA) is 47.7 Å². The van der Waals surface area contributed by atoms with E-state index in [0.717, 1.165) is 31.3 Å². The van der Waals surface area contributed by atoms with Crippen LogP contribution in [0.2, 0.25) is 0 Å². The Labute approximate surface area is 112 Å². The molecule has 4 heteroatoms. The zero-order valence-electron chi connectivity index (χ0n) is 12.6. The van der Waals surface area contributed by atoms with Gasteiger partial charge in [-0.25, -0.2) is 0 Å². The van der Waals surface area contributed by atoms with Gasteiger partial charge in [0.1, 0.15) is 0 Å². The van der Waals surface area contributed by atoms with Gasteiger partial charge in [-0.3, -0.25) is 4.90 Å². The Kier molecular flexibility index (Phi) is 6.05. The van der Waals surface area contributed by atoms with E-state index in [9.17, 15) is 0 Å². The maximum atomic E-state index is 6.01. The van der Waals surface area contributed by atoms with E-state index >= 15 is 0 Å². The third-order valence-corrected chi connectivity index (χ3v) is 4.50. The first-order valence-electron chi connectivity index (χ1n) is 6.97. The Hall–Kier alpha value is -0.160. The van der Waals surface area contributed by atoms with Crippen molar-refractivity contribution in [2.45, 2.75) is 45.4 Å². The molecular weight excluding hydrogens is 228 g/mol. The monoisotopic (exact) mass is 258 g/mol. The predicted molar refractivity (Wildman–Crippen MR) is 74.4 cm³/mol. The number of nitrogens with zero attached hydrogens (tertiary/aromatic N) is 1. The molecule has 0 amide bonds. The fourth-order valence-electron chi connectivity index (χ4n) is 2.79. The van der Waals surface area contributed by atoms with E-state index in [1.165, 1.54) is 6.42 Å². The van der Waals surface area contributed by atoms with Gasteiger partial charge in [-0.2, -0.15) is 0 Å². The molecule has 1 fully saturated rings. The third kappa shape index (κ3) is 3.67. The summed E-state index contributed by atoms with van der Waals surface area (Å²) in [6, 6.07) is 0. The van der Waals surface area contributed by atoms with Gasteiger partial charge in [-0.15, -0.1) is 0 Å². The van der Waals surface area contributed by atoms with Crippen LogP contribution in [-0.4, -0.2) is 50.6 Å². The van der Waals surface area contributed by atoms with E-state index in [1.54, 1.807) is 14.2 Å². The summed E-state index contributed by atoms with van der Waals surface area (Å²) >= 11 is 0. The molecule has 0 saturated carbocycles. The molecule has 108 valence electrons. The summed E-state index contributed by atoms with van der Waals surface area (Å²) in [6.07, 6.45) is 1.93. The first kappa shape index (κ1) is 15.9. The number of hydrogen-bond acceptors (Lipinski definition) is 4. The van der Waals surface area contributed by atoms with E-state index in [-0.39, 0.29) is 11.8 Å². The first-order valence-corrected chi connectivity index (χ1v) is 6.97. The summed E-state index contributed by atoms with van der Waals surface area (Å²) < 4.78 is 10.7. The maximum absolute atomic E-state index is 6.01. The van der Waals surface area contributed by atoms with Crippen molar-refractivity contribution in [1.29, 1.82) is 0 Å². The van der Waals surface area contributed by atoms with Crippen molar-refractivity contribution < 1.29 is 9.47 Å². The quantitative estimate of drug-likeness (QED) is 0.706. The van der Waals surface area contributed by atoms with Gasteiger partial charge in [0.2, 0.25) is 0 Å². The van der Waals surface area contributed by atoms with Crippen LogP contribution in [-0.2, 0) is 9.47 Å². The highest BCUT2D eigenvalue weighted by molar-refractivity contribution is 4.93. The summed E-state index contributed by atoms with van der Waals surface area (Å²) in [6.45, 7) is 9.76. The molecule has 0 bridgehead atoms. The van der Waals surface area contributed by atoms with E-state index in [0.29, 0.717) is 6.54 Å². The van der Waals surface area contributed by atoms with Gasteiger partial charge in [0.15, 0.2) is 6.29 Å². The second kappa shape index (κ2) is 6.85. The van der Waals surface area contributed by atoms with Gasteiger partial charge in [-0.05, 0) is 31.7 Å². The Balaban J connectivity index is 2.64. The Morgan fingerprint density at radius 2 is 1.94 bits per heavy atom. The summed E-state index contributed by atoms with van der Waals surface area (Å²) in [5.41, 5.74) is 5.99. The largest absolute Gasteiger partial charge is 0.356 e. The molecule has 2 atom stereocenters. The van der Waals surface area contributed by atoms with Crippen LogP contribution in [0.5, 0.6) is 0 Å². The minimum atomic E-state index is -0.170. The molecule has 2 unspecified atom stereocenters. The number of methoxy groups -OCH3 is 2. The third-order valence-electron chi connectivity index (χ3n) is 4.50. The molecule has 0 radical (unpaired) electrons. The van der Waals surface area contributed by atoms with Crippen LogP contribution >= 0.6 is 0 Å². The molecule has 18 heavy (non-hydrogen) atoms. The van der Waals surface area contributed by atoms with E-state index in [1.807, 2.05) is 0 Å².